The second kappa shape index (κ2) is 9.78. The summed E-state index contributed by atoms with van der Waals surface area (Å²) in [6, 6.07) is 8.60. The first-order valence-corrected chi connectivity index (χ1v) is 7.12. The third-order valence-corrected chi connectivity index (χ3v) is 3.25. The van der Waals surface area contributed by atoms with Crippen LogP contribution in [0, 0.1) is 5.92 Å². The summed E-state index contributed by atoms with van der Waals surface area (Å²) >= 11 is 0. The minimum absolute atomic E-state index is 0. The maximum absolute atomic E-state index is 11.3. The zero-order chi connectivity index (χ0) is 14.3. The Morgan fingerprint density at radius 1 is 1.25 bits per heavy atom. The summed E-state index contributed by atoms with van der Waals surface area (Å²) in [4.78, 5) is 11.3. The summed E-state index contributed by atoms with van der Waals surface area (Å²) in [7, 11) is 0. The van der Waals surface area contributed by atoms with Crippen LogP contribution in [0.4, 0.5) is 0 Å². The second-order valence-electron chi connectivity index (χ2n) is 5.43. The van der Waals surface area contributed by atoms with Crippen molar-refractivity contribution in [1.82, 2.24) is 5.32 Å². The number of nitrogens with two attached hydrogens (primary N) is 1. The highest BCUT2D eigenvalue weighted by molar-refractivity contribution is 5.85. The molecule has 0 unspecified atom stereocenters. The SMILES string of the molecule is CCC(=O)NC[C@@H](CN)c1ccc(CC(C)C)cc1.Cl. The van der Waals surface area contributed by atoms with Gasteiger partial charge in [0.25, 0.3) is 0 Å². The van der Waals surface area contributed by atoms with E-state index < -0.39 is 0 Å². The molecule has 1 rings (SSSR count). The van der Waals surface area contributed by atoms with E-state index in [1.54, 1.807) is 0 Å². The number of carbonyl (C=O) groups is 1. The fourth-order valence-corrected chi connectivity index (χ4v) is 2.10. The Bertz CT molecular complexity index is 390. The van der Waals surface area contributed by atoms with Gasteiger partial charge < -0.3 is 11.1 Å². The number of rotatable bonds is 7. The summed E-state index contributed by atoms with van der Waals surface area (Å²) < 4.78 is 0. The molecule has 0 spiro atoms. The number of benzene rings is 1. The first-order chi connectivity index (χ1) is 9.06. The molecule has 114 valence electrons. The number of halogens is 1. The molecule has 0 radical (unpaired) electrons. The highest BCUT2D eigenvalue weighted by Crippen LogP contribution is 2.16. The van der Waals surface area contributed by atoms with Crippen LogP contribution < -0.4 is 11.1 Å². The first kappa shape index (κ1) is 18.9. The van der Waals surface area contributed by atoms with Gasteiger partial charge in [-0.15, -0.1) is 12.4 Å². The molecule has 0 aliphatic heterocycles. The van der Waals surface area contributed by atoms with Crippen molar-refractivity contribution < 1.29 is 4.79 Å². The quantitative estimate of drug-likeness (QED) is 0.813. The fraction of sp³-hybridized carbons (Fsp3) is 0.562. The van der Waals surface area contributed by atoms with Crippen molar-refractivity contribution in [1.29, 1.82) is 0 Å². The van der Waals surface area contributed by atoms with Gasteiger partial charge >= 0.3 is 0 Å². The van der Waals surface area contributed by atoms with Gasteiger partial charge in [0.1, 0.15) is 0 Å². The van der Waals surface area contributed by atoms with Gasteiger partial charge in [-0.3, -0.25) is 4.79 Å². The monoisotopic (exact) mass is 298 g/mol. The highest BCUT2D eigenvalue weighted by Gasteiger charge is 2.11. The topological polar surface area (TPSA) is 55.1 Å². The molecular formula is C16H27ClN2O. The van der Waals surface area contributed by atoms with Crippen LogP contribution in [0.3, 0.4) is 0 Å². The van der Waals surface area contributed by atoms with Crippen molar-refractivity contribution >= 4 is 18.3 Å². The average molecular weight is 299 g/mol. The summed E-state index contributed by atoms with van der Waals surface area (Å²) in [6.07, 6.45) is 1.62. The third kappa shape index (κ3) is 6.40. The fourth-order valence-electron chi connectivity index (χ4n) is 2.10. The van der Waals surface area contributed by atoms with E-state index in [0.717, 1.165) is 6.42 Å². The van der Waals surface area contributed by atoms with E-state index >= 15 is 0 Å². The lowest BCUT2D eigenvalue weighted by molar-refractivity contribution is -0.120. The summed E-state index contributed by atoms with van der Waals surface area (Å²) in [5, 5.41) is 2.91. The van der Waals surface area contributed by atoms with Crippen molar-refractivity contribution in [3.05, 3.63) is 35.4 Å². The molecule has 0 fully saturated rings. The molecule has 0 heterocycles. The zero-order valence-corrected chi connectivity index (χ0v) is 13.5. The van der Waals surface area contributed by atoms with Gasteiger partial charge in [-0.2, -0.15) is 0 Å². The van der Waals surface area contributed by atoms with Crippen LogP contribution in [-0.2, 0) is 11.2 Å². The van der Waals surface area contributed by atoms with E-state index in [2.05, 4.69) is 43.4 Å². The molecule has 0 bridgehead atoms. The van der Waals surface area contributed by atoms with E-state index in [1.807, 2.05) is 6.92 Å². The number of carbonyl (C=O) groups excluding carboxylic acids is 1. The Hall–Kier alpha value is -1.06. The number of nitrogens with one attached hydrogen (secondary N) is 1. The van der Waals surface area contributed by atoms with Crippen molar-refractivity contribution in [2.75, 3.05) is 13.1 Å². The normalized spacial score (nSPS) is 11.8. The number of amides is 1. The van der Waals surface area contributed by atoms with E-state index in [4.69, 9.17) is 5.73 Å². The molecule has 0 aliphatic rings. The Labute approximate surface area is 128 Å². The van der Waals surface area contributed by atoms with Crippen LogP contribution in [-0.4, -0.2) is 19.0 Å². The molecule has 0 saturated carbocycles. The van der Waals surface area contributed by atoms with Crippen molar-refractivity contribution in [2.24, 2.45) is 11.7 Å². The lowest BCUT2D eigenvalue weighted by Crippen LogP contribution is -2.30. The molecule has 0 aliphatic carbocycles. The van der Waals surface area contributed by atoms with Crippen molar-refractivity contribution in [2.45, 2.75) is 39.5 Å². The molecule has 3 nitrogen and oxygen atoms in total. The third-order valence-electron chi connectivity index (χ3n) is 3.25. The summed E-state index contributed by atoms with van der Waals surface area (Å²) in [5.74, 6) is 0.943. The van der Waals surface area contributed by atoms with E-state index in [0.29, 0.717) is 25.4 Å². The van der Waals surface area contributed by atoms with Crippen LogP contribution in [0.1, 0.15) is 44.2 Å². The summed E-state index contributed by atoms with van der Waals surface area (Å²) in [6.45, 7) is 7.46. The highest BCUT2D eigenvalue weighted by atomic mass is 35.5. The van der Waals surface area contributed by atoms with Gasteiger partial charge in [0, 0.05) is 25.4 Å². The molecule has 4 heteroatoms. The predicted molar refractivity (Wildman–Crippen MR) is 87.3 cm³/mol. The van der Waals surface area contributed by atoms with Gasteiger partial charge in [0.15, 0.2) is 0 Å². The Morgan fingerprint density at radius 2 is 1.85 bits per heavy atom. The lowest BCUT2D eigenvalue weighted by atomic mass is 9.95. The van der Waals surface area contributed by atoms with Crippen molar-refractivity contribution in [3.63, 3.8) is 0 Å². The Kier molecular flexibility index (Phi) is 9.26. The molecule has 1 atom stereocenters. The first-order valence-electron chi connectivity index (χ1n) is 7.12. The van der Waals surface area contributed by atoms with Gasteiger partial charge in [-0.05, 0) is 23.5 Å². The lowest BCUT2D eigenvalue weighted by Gasteiger charge is -2.16. The standard InChI is InChI=1S/C16H26N2O.ClH/c1-4-16(19)18-11-15(10-17)14-7-5-13(6-8-14)9-12(2)3;/h5-8,12,15H,4,9-11,17H2,1-3H3,(H,18,19);1H/t15-;/m1./s1. The Balaban J connectivity index is 0.00000361. The van der Waals surface area contributed by atoms with E-state index in [1.165, 1.54) is 11.1 Å². The number of hydrogen-bond donors (Lipinski definition) is 2. The van der Waals surface area contributed by atoms with Crippen LogP contribution in [0.25, 0.3) is 0 Å². The second-order valence-corrected chi connectivity index (χ2v) is 5.43. The number of hydrogen-bond acceptors (Lipinski definition) is 2. The van der Waals surface area contributed by atoms with Crippen LogP contribution >= 0.6 is 12.4 Å². The summed E-state index contributed by atoms with van der Waals surface area (Å²) in [5.41, 5.74) is 8.35. The Morgan fingerprint density at radius 3 is 2.30 bits per heavy atom. The van der Waals surface area contributed by atoms with Crippen molar-refractivity contribution in [3.8, 4) is 0 Å². The van der Waals surface area contributed by atoms with E-state index in [-0.39, 0.29) is 24.2 Å². The molecule has 1 aromatic carbocycles. The smallest absolute Gasteiger partial charge is 0.219 e. The van der Waals surface area contributed by atoms with Gasteiger partial charge in [0.2, 0.25) is 5.91 Å². The molecule has 20 heavy (non-hydrogen) atoms. The molecule has 0 aromatic heterocycles. The molecule has 1 aromatic rings. The van der Waals surface area contributed by atoms with E-state index in [9.17, 15) is 4.79 Å². The van der Waals surface area contributed by atoms with Gasteiger partial charge in [-0.25, -0.2) is 0 Å². The maximum Gasteiger partial charge on any atom is 0.219 e. The molecular weight excluding hydrogens is 272 g/mol. The minimum Gasteiger partial charge on any atom is -0.355 e. The minimum atomic E-state index is 0. The largest absolute Gasteiger partial charge is 0.355 e. The van der Waals surface area contributed by atoms with Crippen LogP contribution in [0.5, 0.6) is 0 Å². The average Bonchev–Trinajstić information content (AvgIpc) is 2.40. The van der Waals surface area contributed by atoms with Gasteiger partial charge in [0.05, 0.1) is 0 Å². The van der Waals surface area contributed by atoms with Gasteiger partial charge in [-0.1, -0.05) is 45.0 Å². The van der Waals surface area contributed by atoms with Crippen LogP contribution in [0.2, 0.25) is 0 Å². The molecule has 0 saturated heterocycles. The molecule has 3 N–H and O–H groups in total. The maximum atomic E-state index is 11.3. The predicted octanol–water partition coefficient (Wildman–Crippen LogP) is 2.88. The molecule has 1 amide bonds. The zero-order valence-electron chi connectivity index (χ0n) is 12.7. The van der Waals surface area contributed by atoms with Crippen LogP contribution in [0.15, 0.2) is 24.3 Å².